The molecule has 2 aromatic rings. The maximum Gasteiger partial charge on any atom is 0.0897 e. The Kier molecular flexibility index (Phi) is 2.55. The Bertz CT molecular complexity index is 422. The van der Waals surface area contributed by atoms with E-state index < -0.39 is 0 Å². The molecule has 2 aromatic heterocycles. The summed E-state index contributed by atoms with van der Waals surface area (Å²) in [6.07, 6.45) is 3.39. The predicted octanol–water partition coefficient (Wildman–Crippen LogP) is 0.584. The summed E-state index contributed by atoms with van der Waals surface area (Å²) in [7, 11) is 0. The molecule has 0 aliphatic heterocycles. The van der Waals surface area contributed by atoms with Crippen molar-refractivity contribution in [2.24, 2.45) is 0 Å². The Balaban J connectivity index is 2.18. The van der Waals surface area contributed by atoms with Crippen LogP contribution < -0.4 is 0 Å². The third kappa shape index (κ3) is 1.80. The van der Waals surface area contributed by atoms with E-state index in [0.717, 1.165) is 15.6 Å². The van der Waals surface area contributed by atoms with Crippen LogP contribution in [0.2, 0.25) is 0 Å². The first-order valence-corrected chi connectivity index (χ1v) is 5.01. The normalized spacial score (nSPS) is 10.7. The SMILES string of the molecule is Cc1ncc(Cn2nncc2CO)s1. The van der Waals surface area contributed by atoms with Gasteiger partial charge < -0.3 is 5.11 Å². The van der Waals surface area contributed by atoms with E-state index in [-0.39, 0.29) is 6.61 Å². The van der Waals surface area contributed by atoms with E-state index in [1.807, 2.05) is 13.1 Å². The van der Waals surface area contributed by atoms with Gasteiger partial charge in [-0.15, -0.1) is 16.4 Å². The molecule has 0 atom stereocenters. The van der Waals surface area contributed by atoms with Gasteiger partial charge in [0.05, 0.1) is 30.1 Å². The van der Waals surface area contributed by atoms with Crippen LogP contribution in [0.3, 0.4) is 0 Å². The van der Waals surface area contributed by atoms with Crippen LogP contribution in [0.25, 0.3) is 0 Å². The number of aromatic nitrogens is 4. The van der Waals surface area contributed by atoms with Gasteiger partial charge in [-0.05, 0) is 6.92 Å². The summed E-state index contributed by atoms with van der Waals surface area (Å²) in [4.78, 5) is 5.26. The number of thiazole rings is 1. The lowest BCUT2D eigenvalue weighted by Crippen LogP contribution is -2.05. The Morgan fingerprint density at radius 2 is 2.36 bits per heavy atom. The van der Waals surface area contributed by atoms with Crippen molar-refractivity contribution in [3.8, 4) is 0 Å². The zero-order valence-corrected chi connectivity index (χ0v) is 8.53. The first-order chi connectivity index (χ1) is 6.79. The van der Waals surface area contributed by atoms with Crippen LogP contribution in [0.4, 0.5) is 0 Å². The van der Waals surface area contributed by atoms with Crippen LogP contribution in [0.5, 0.6) is 0 Å². The summed E-state index contributed by atoms with van der Waals surface area (Å²) in [6, 6.07) is 0. The summed E-state index contributed by atoms with van der Waals surface area (Å²) >= 11 is 1.62. The molecule has 6 heteroatoms. The van der Waals surface area contributed by atoms with Crippen LogP contribution in [0.1, 0.15) is 15.6 Å². The van der Waals surface area contributed by atoms with Crippen molar-refractivity contribution in [3.63, 3.8) is 0 Å². The number of aliphatic hydroxyl groups excluding tert-OH is 1. The molecule has 2 rings (SSSR count). The summed E-state index contributed by atoms with van der Waals surface area (Å²) in [5, 5.41) is 17.6. The number of rotatable bonds is 3. The first-order valence-electron chi connectivity index (χ1n) is 4.19. The fraction of sp³-hybridized carbons (Fsp3) is 0.375. The minimum Gasteiger partial charge on any atom is -0.390 e. The lowest BCUT2D eigenvalue weighted by Gasteiger charge is -2.00. The molecule has 2 heterocycles. The van der Waals surface area contributed by atoms with E-state index in [1.54, 1.807) is 22.2 Å². The molecule has 0 radical (unpaired) electrons. The third-order valence-electron chi connectivity index (χ3n) is 1.83. The van der Waals surface area contributed by atoms with Crippen LogP contribution in [-0.4, -0.2) is 25.1 Å². The average Bonchev–Trinajstić information content (AvgIpc) is 2.76. The van der Waals surface area contributed by atoms with Gasteiger partial charge in [-0.2, -0.15) is 0 Å². The lowest BCUT2D eigenvalue weighted by molar-refractivity contribution is 0.269. The third-order valence-corrected chi connectivity index (χ3v) is 2.73. The maximum atomic E-state index is 8.98. The molecule has 0 saturated heterocycles. The molecule has 0 unspecified atom stereocenters. The fourth-order valence-electron chi connectivity index (χ4n) is 1.16. The van der Waals surface area contributed by atoms with Gasteiger partial charge in [0, 0.05) is 11.1 Å². The molecule has 1 N–H and O–H groups in total. The molecule has 0 saturated carbocycles. The van der Waals surface area contributed by atoms with Crippen LogP contribution in [0, 0.1) is 6.92 Å². The van der Waals surface area contributed by atoms with Crippen LogP contribution in [0.15, 0.2) is 12.4 Å². The first kappa shape index (κ1) is 9.29. The Morgan fingerprint density at radius 3 is 3.00 bits per heavy atom. The Morgan fingerprint density at radius 1 is 1.50 bits per heavy atom. The smallest absolute Gasteiger partial charge is 0.0897 e. The van der Waals surface area contributed by atoms with Crippen molar-refractivity contribution in [2.75, 3.05) is 0 Å². The van der Waals surface area contributed by atoms with Gasteiger partial charge in [-0.1, -0.05) is 5.21 Å². The van der Waals surface area contributed by atoms with E-state index in [0.29, 0.717) is 6.54 Å². The minimum atomic E-state index is -0.0369. The largest absolute Gasteiger partial charge is 0.390 e. The van der Waals surface area contributed by atoms with E-state index >= 15 is 0 Å². The maximum absolute atomic E-state index is 8.98. The molecule has 0 fully saturated rings. The predicted molar refractivity (Wildman–Crippen MR) is 51.9 cm³/mol. The van der Waals surface area contributed by atoms with Crippen molar-refractivity contribution in [2.45, 2.75) is 20.1 Å². The summed E-state index contributed by atoms with van der Waals surface area (Å²) in [5.41, 5.74) is 0.719. The van der Waals surface area contributed by atoms with E-state index in [2.05, 4.69) is 15.3 Å². The molecule has 14 heavy (non-hydrogen) atoms. The van der Waals surface area contributed by atoms with Gasteiger partial charge >= 0.3 is 0 Å². The van der Waals surface area contributed by atoms with Crippen molar-refractivity contribution < 1.29 is 5.11 Å². The lowest BCUT2D eigenvalue weighted by atomic mass is 10.4. The molecule has 0 aliphatic carbocycles. The van der Waals surface area contributed by atoms with Gasteiger partial charge in [0.1, 0.15) is 0 Å². The summed E-state index contributed by atoms with van der Waals surface area (Å²) in [6.45, 7) is 2.55. The van der Waals surface area contributed by atoms with Gasteiger partial charge in [0.15, 0.2) is 0 Å². The molecule has 0 bridgehead atoms. The van der Waals surface area contributed by atoms with Gasteiger partial charge in [0.2, 0.25) is 0 Å². The highest BCUT2D eigenvalue weighted by molar-refractivity contribution is 7.11. The quantitative estimate of drug-likeness (QED) is 0.805. The highest BCUT2D eigenvalue weighted by atomic mass is 32.1. The Labute approximate surface area is 85.0 Å². The fourth-order valence-corrected chi connectivity index (χ4v) is 1.94. The average molecular weight is 210 g/mol. The number of aliphatic hydroxyl groups is 1. The standard InChI is InChI=1S/C8H10N4OS/c1-6-9-3-8(14-6)4-12-7(5-13)2-10-11-12/h2-3,13H,4-5H2,1H3. The van der Waals surface area contributed by atoms with E-state index in [9.17, 15) is 0 Å². The molecule has 0 spiro atoms. The molecule has 0 amide bonds. The minimum absolute atomic E-state index is 0.0369. The summed E-state index contributed by atoms with van der Waals surface area (Å²) < 4.78 is 1.67. The molecule has 5 nitrogen and oxygen atoms in total. The molecular weight excluding hydrogens is 200 g/mol. The second kappa shape index (κ2) is 3.85. The van der Waals surface area contributed by atoms with Gasteiger partial charge in [-0.25, -0.2) is 9.67 Å². The zero-order chi connectivity index (χ0) is 9.97. The monoisotopic (exact) mass is 210 g/mol. The van der Waals surface area contributed by atoms with Crippen LogP contribution in [-0.2, 0) is 13.2 Å². The van der Waals surface area contributed by atoms with Crippen molar-refractivity contribution >= 4 is 11.3 Å². The van der Waals surface area contributed by atoms with E-state index in [4.69, 9.17) is 5.11 Å². The van der Waals surface area contributed by atoms with Gasteiger partial charge in [0.25, 0.3) is 0 Å². The van der Waals surface area contributed by atoms with Crippen molar-refractivity contribution in [3.05, 3.63) is 28.0 Å². The summed E-state index contributed by atoms with van der Waals surface area (Å²) in [5.74, 6) is 0. The number of nitrogens with zero attached hydrogens (tertiary/aromatic N) is 4. The van der Waals surface area contributed by atoms with E-state index in [1.165, 1.54) is 0 Å². The number of hydrogen-bond acceptors (Lipinski definition) is 5. The molecule has 74 valence electrons. The highest BCUT2D eigenvalue weighted by Gasteiger charge is 2.04. The van der Waals surface area contributed by atoms with Crippen LogP contribution >= 0.6 is 11.3 Å². The number of hydrogen-bond donors (Lipinski definition) is 1. The van der Waals surface area contributed by atoms with Crippen molar-refractivity contribution in [1.82, 2.24) is 20.0 Å². The van der Waals surface area contributed by atoms with Gasteiger partial charge in [-0.3, -0.25) is 0 Å². The number of aryl methyl sites for hydroxylation is 1. The topological polar surface area (TPSA) is 63.8 Å². The second-order valence-corrected chi connectivity index (χ2v) is 4.21. The molecule has 0 aliphatic rings. The molecular formula is C8H10N4OS. The zero-order valence-electron chi connectivity index (χ0n) is 7.71. The Hall–Kier alpha value is -1.27. The molecule has 0 aromatic carbocycles. The highest BCUT2D eigenvalue weighted by Crippen LogP contribution is 2.13. The second-order valence-electron chi connectivity index (χ2n) is 2.89. The van der Waals surface area contributed by atoms with Crippen molar-refractivity contribution in [1.29, 1.82) is 0 Å².